The fraction of sp³-hybridized carbons (Fsp3) is 0.154. The van der Waals surface area contributed by atoms with Crippen LogP contribution < -0.4 is 5.73 Å². The lowest BCUT2D eigenvalue weighted by atomic mass is 10.1. The first kappa shape index (κ1) is 13.7. The van der Waals surface area contributed by atoms with Gasteiger partial charge in [0.15, 0.2) is 0 Å². The number of hydrogen-bond acceptors (Lipinski definition) is 5. The van der Waals surface area contributed by atoms with Gasteiger partial charge in [-0.15, -0.1) is 16.9 Å². The fourth-order valence-electron chi connectivity index (χ4n) is 1.97. The summed E-state index contributed by atoms with van der Waals surface area (Å²) >= 11 is 1.38. The van der Waals surface area contributed by atoms with Crippen molar-refractivity contribution >= 4 is 28.7 Å². The molecule has 0 fully saturated rings. The fourth-order valence-corrected chi connectivity index (χ4v) is 3.02. The Kier molecular flexibility index (Phi) is 3.70. The van der Waals surface area contributed by atoms with Gasteiger partial charge in [-0.3, -0.25) is 0 Å². The molecule has 1 aromatic carbocycles. The number of nitrogen functional groups attached to an aromatic ring is 1. The maximum atomic E-state index is 13.0. The van der Waals surface area contributed by atoms with Crippen molar-refractivity contribution in [1.29, 1.82) is 0 Å². The van der Waals surface area contributed by atoms with E-state index in [-0.39, 0.29) is 5.56 Å². The molecule has 0 unspecified atom stereocenters. The Labute approximate surface area is 122 Å². The van der Waals surface area contributed by atoms with Gasteiger partial charge in [-0.05, 0) is 11.6 Å². The van der Waals surface area contributed by atoms with E-state index in [0.29, 0.717) is 28.3 Å². The van der Waals surface area contributed by atoms with Crippen LogP contribution >= 0.6 is 11.8 Å². The van der Waals surface area contributed by atoms with Crippen LogP contribution in [0, 0.1) is 0 Å². The van der Waals surface area contributed by atoms with Gasteiger partial charge in [0.25, 0.3) is 6.43 Å². The molecule has 2 heterocycles. The average Bonchev–Trinajstić information content (AvgIpc) is 2.93. The largest absolute Gasteiger partial charge is 0.384 e. The number of anilines is 1. The summed E-state index contributed by atoms with van der Waals surface area (Å²) in [6.45, 7) is 0. The lowest BCUT2D eigenvalue weighted by Crippen LogP contribution is -1.94. The highest BCUT2D eigenvalue weighted by Crippen LogP contribution is 2.32. The molecule has 0 spiro atoms. The lowest BCUT2D eigenvalue weighted by Gasteiger charge is -2.08. The van der Waals surface area contributed by atoms with E-state index in [1.165, 1.54) is 17.8 Å². The van der Waals surface area contributed by atoms with Gasteiger partial charge in [0, 0.05) is 16.2 Å². The normalized spacial score (nSPS) is 11.4. The number of fused-ring (bicyclic) bond motifs is 1. The molecule has 0 saturated heterocycles. The molecule has 0 saturated carbocycles. The number of alkyl halides is 2. The van der Waals surface area contributed by atoms with Crippen molar-refractivity contribution in [2.75, 3.05) is 5.73 Å². The third kappa shape index (κ3) is 2.80. The SMILES string of the molecule is Nc1cc(SCc2ccccc2C(F)F)c2n[nH]nc2n1. The Morgan fingerprint density at radius 2 is 2.05 bits per heavy atom. The van der Waals surface area contributed by atoms with E-state index in [1.54, 1.807) is 24.3 Å². The highest BCUT2D eigenvalue weighted by atomic mass is 32.2. The van der Waals surface area contributed by atoms with Gasteiger partial charge in [-0.2, -0.15) is 10.3 Å². The van der Waals surface area contributed by atoms with Gasteiger partial charge >= 0.3 is 0 Å². The standard InChI is InChI=1S/C13H11F2N5S/c14-12(15)8-4-2-1-3-7(8)6-21-9-5-10(16)17-13-11(9)18-20-19-13/h1-5,12H,6H2,(H3,16,17,18,19,20). The van der Waals surface area contributed by atoms with Crippen LogP contribution in [0.2, 0.25) is 0 Å². The van der Waals surface area contributed by atoms with Crippen molar-refractivity contribution in [3.05, 3.63) is 41.5 Å². The summed E-state index contributed by atoms with van der Waals surface area (Å²) in [5.74, 6) is 0.715. The van der Waals surface area contributed by atoms with Crippen LogP contribution in [0.5, 0.6) is 0 Å². The van der Waals surface area contributed by atoms with Gasteiger partial charge in [0.05, 0.1) is 0 Å². The van der Waals surface area contributed by atoms with Crippen molar-refractivity contribution in [2.24, 2.45) is 0 Å². The molecule has 5 nitrogen and oxygen atoms in total. The third-order valence-electron chi connectivity index (χ3n) is 2.95. The number of benzene rings is 1. The van der Waals surface area contributed by atoms with Crippen LogP contribution in [0.25, 0.3) is 11.2 Å². The number of aromatic nitrogens is 4. The van der Waals surface area contributed by atoms with E-state index in [9.17, 15) is 8.78 Å². The van der Waals surface area contributed by atoms with E-state index < -0.39 is 6.43 Å². The van der Waals surface area contributed by atoms with Crippen molar-refractivity contribution < 1.29 is 8.78 Å². The van der Waals surface area contributed by atoms with Crippen molar-refractivity contribution in [3.8, 4) is 0 Å². The summed E-state index contributed by atoms with van der Waals surface area (Å²) < 4.78 is 25.9. The molecule has 2 aromatic heterocycles. The summed E-state index contributed by atoms with van der Waals surface area (Å²) in [4.78, 5) is 4.80. The van der Waals surface area contributed by atoms with Crippen molar-refractivity contribution in [3.63, 3.8) is 0 Å². The number of pyridine rings is 1. The molecule has 0 bridgehead atoms. The van der Waals surface area contributed by atoms with E-state index in [2.05, 4.69) is 20.4 Å². The Hall–Kier alpha value is -2.22. The number of halogens is 2. The number of H-pyrrole nitrogens is 1. The van der Waals surface area contributed by atoms with Crippen molar-refractivity contribution in [2.45, 2.75) is 17.1 Å². The monoisotopic (exact) mass is 307 g/mol. The second-order valence-electron chi connectivity index (χ2n) is 4.33. The summed E-state index contributed by atoms with van der Waals surface area (Å²) in [6.07, 6.45) is -2.49. The molecule has 3 rings (SSSR count). The molecule has 0 aliphatic carbocycles. The third-order valence-corrected chi connectivity index (χ3v) is 4.03. The maximum Gasteiger partial charge on any atom is 0.264 e. The summed E-state index contributed by atoms with van der Waals surface area (Å²) in [7, 11) is 0. The first-order chi connectivity index (χ1) is 10.1. The molecule has 0 aliphatic heterocycles. The van der Waals surface area contributed by atoms with E-state index in [0.717, 1.165) is 4.90 Å². The van der Waals surface area contributed by atoms with Gasteiger partial charge < -0.3 is 5.73 Å². The highest BCUT2D eigenvalue weighted by Gasteiger charge is 2.14. The highest BCUT2D eigenvalue weighted by molar-refractivity contribution is 7.98. The zero-order valence-corrected chi connectivity index (χ0v) is 11.6. The smallest absolute Gasteiger partial charge is 0.264 e. The minimum atomic E-state index is -2.49. The Morgan fingerprint density at radius 3 is 2.86 bits per heavy atom. The zero-order chi connectivity index (χ0) is 14.8. The van der Waals surface area contributed by atoms with Gasteiger partial charge in [0.2, 0.25) is 5.65 Å². The van der Waals surface area contributed by atoms with Crippen LogP contribution in [-0.2, 0) is 5.75 Å². The Morgan fingerprint density at radius 1 is 1.24 bits per heavy atom. The number of nitrogens with zero attached hydrogens (tertiary/aromatic N) is 3. The molecular weight excluding hydrogens is 296 g/mol. The molecule has 108 valence electrons. The summed E-state index contributed by atoms with van der Waals surface area (Å²) in [5.41, 5.74) is 7.34. The Balaban J connectivity index is 1.89. The van der Waals surface area contributed by atoms with Crippen LogP contribution in [-0.4, -0.2) is 20.4 Å². The predicted molar refractivity (Wildman–Crippen MR) is 77.1 cm³/mol. The zero-order valence-electron chi connectivity index (χ0n) is 10.8. The van der Waals surface area contributed by atoms with Crippen LogP contribution in [0.3, 0.4) is 0 Å². The quantitative estimate of drug-likeness (QED) is 0.724. The van der Waals surface area contributed by atoms with Gasteiger partial charge in [-0.1, -0.05) is 24.3 Å². The van der Waals surface area contributed by atoms with Crippen molar-refractivity contribution in [1.82, 2.24) is 20.4 Å². The first-order valence-electron chi connectivity index (χ1n) is 6.11. The minimum Gasteiger partial charge on any atom is -0.384 e. The molecule has 0 amide bonds. The lowest BCUT2D eigenvalue weighted by molar-refractivity contribution is 0.150. The molecule has 8 heteroatoms. The molecule has 3 aromatic rings. The van der Waals surface area contributed by atoms with Crippen LogP contribution in [0.15, 0.2) is 35.2 Å². The number of nitrogens with one attached hydrogen (secondary N) is 1. The maximum absolute atomic E-state index is 13.0. The molecule has 21 heavy (non-hydrogen) atoms. The summed E-state index contributed by atoms with van der Waals surface area (Å²) in [6, 6.07) is 8.15. The number of aromatic amines is 1. The minimum absolute atomic E-state index is 0.0448. The number of nitrogens with two attached hydrogens (primary N) is 1. The number of hydrogen-bond donors (Lipinski definition) is 2. The first-order valence-corrected chi connectivity index (χ1v) is 7.09. The predicted octanol–water partition coefficient (Wildman–Crippen LogP) is 3.17. The number of thioether (sulfide) groups is 1. The summed E-state index contributed by atoms with van der Waals surface area (Å²) in [5, 5.41) is 10.4. The molecule has 0 aliphatic rings. The second kappa shape index (κ2) is 5.65. The van der Waals surface area contributed by atoms with Gasteiger partial charge in [0.1, 0.15) is 11.3 Å². The van der Waals surface area contributed by atoms with E-state index >= 15 is 0 Å². The molecular formula is C13H11F2N5S. The molecule has 0 radical (unpaired) electrons. The second-order valence-corrected chi connectivity index (χ2v) is 5.35. The molecule has 0 atom stereocenters. The van der Waals surface area contributed by atoms with E-state index in [4.69, 9.17) is 5.73 Å². The van der Waals surface area contributed by atoms with Gasteiger partial charge in [-0.25, -0.2) is 13.8 Å². The molecule has 3 N–H and O–H groups in total. The topological polar surface area (TPSA) is 80.5 Å². The van der Waals surface area contributed by atoms with Crippen LogP contribution in [0.4, 0.5) is 14.6 Å². The van der Waals surface area contributed by atoms with E-state index in [1.807, 2.05) is 0 Å². The average molecular weight is 307 g/mol. The van der Waals surface area contributed by atoms with Crippen LogP contribution in [0.1, 0.15) is 17.6 Å². The number of rotatable bonds is 4. The Bertz CT molecular complexity index is 774.